The number of nitro benzene ring substituents is 1. The number of hydrogen-bond acceptors (Lipinski definition) is 5. The number of allylic oxidation sites excluding steroid dienone is 2. The molecule has 2 rings (SSSR count). The van der Waals surface area contributed by atoms with Crippen LogP contribution in [0.3, 0.4) is 0 Å². The van der Waals surface area contributed by atoms with Crippen molar-refractivity contribution in [1.82, 2.24) is 0 Å². The van der Waals surface area contributed by atoms with E-state index >= 15 is 0 Å². The van der Waals surface area contributed by atoms with E-state index < -0.39 is 4.92 Å². The van der Waals surface area contributed by atoms with Crippen molar-refractivity contribution < 1.29 is 14.4 Å². The first-order chi connectivity index (χ1) is 13.0. The minimum Gasteiger partial charge on any atom is -0.493 e. The van der Waals surface area contributed by atoms with Gasteiger partial charge in [-0.2, -0.15) is 5.26 Å². The molecule has 0 bridgehead atoms. The molecule has 6 nitrogen and oxygen atoms in total. The van der Waals surface area contributed by atoms with Gasteiger partial charge in [-0.3, -0.25) is 10.1 Å². The van der Waals surface area contributed by atoms with Crippen molar-refractivity contribution in [3.63, 3.8) is 0 Å². The van der Waals surface area contributed by atoms with Gasteiger partial charge in [0.1, 0.15) is 0 Å². The van der Waals surface area contributed by atoms with Crippen LogP contribution in [0, 0.1) is 21.4 Å². The first-order valence-electron chi connectivity index (χ1n) is 8.35. The van der Waals surface area contributed by atoms with E-state index in [-0.39, 0.29) is 5.69 Å². The van der Waals surface area contributed by atoms with Crippen molar-refractivity contribution >= 4 is 17.3 Å². The molecule has 0 heterocycles. The van der Waals surface area contributed by atoms with Crippen LogP contribution in [-0.2, 0) is 6.42 Å². The molecule has 0 amide bonds. The fourth-order valence-electron chi connectivity index (χ4n) is 2.64. The van der Waals surface area contributed by atoms with Crippen molar-refractivity contribution in [1.29, 1.82) is 5.26 Å². The zero-order chi connectivity index (χ0) is 19.8. The van der Waals surface area contributed by atoms with E-state index in [1.54, 1.807) is 37.5 Å². The van der Waals surface area contributed by atoms with Crippen LogP contribution in [0.5, 0.6) is 11.5 Å². The summed E-state index contributed by atoms with van der Waals surface area (Å²) >= 11 is 0. The van der Waals surface area contributed by atoms with Crippen LogP contribution in [0.1, 0.15) is 23.6 Å². The third kappa shape index (κ3) is 4.73. The van der Waals surface area contributed by atoms with Crippen LogP contribution in [-0.4, -0.2) is 18.6 Å². The maximum absolute atomic E-state index is 10.8. The largest absolute Gasteiger partial charge is 0.493 e. The van der Waals surface area contributed by atoms with Gasteiger partial charge in [-0.25, -0.2) is 0 Å². The maximum Gasteiger partial charge on any atom is 0.269 e. The number of non-ortho nitro benzene ring substituents is 1. The number of methoxy groups -OCH3 is 1. The molecule has 0 aliphatic rings. The second-order valence-corrected chi connectivity index (χ2v) is 5.61. The highest BCUT2D eigenvalue weighted by atomic mass is 16.6. The zero-order valence-corrected chi connectivity index (χ0v) is 15.3. The minimum absolute atomic E-state index is 0.0213. The van der Waals surface area contributed by atoms with Crippen LogP contribution in [0.4, 0.5) is 5.69 Å². The lowest BCUT2D eigenvalue weighted by Gasteiger charge is -2.15. The highest BCUT2D eigenvalue weighted by molar-refractivity contribution is 5.90. The molecule has 2 aromatic carbocycles. The maximum atomic E-state index is 10.8. The minimum atomic E-state index is -0.474. The Bertz CT molecular complexity index is 909. The summed E-state index contributed by atoms with van der Waals surface area (Å²) in [7, 11) is 1.56. The van der Waals surface area contributed by atoms with E-state index in [1.807, 2.05) is 13.0 Å². The molecular formula is C21H20N2O4. The highest BCUT2D eigenvalue weighted by Crippen LogP contribution is 2.35. The zero-order valence-electron chi connectivity index (χ0n) is 15.3. The van der Waals surface area contributed by atoms with Gasteiger partial charge in [0, 0.05) is 17.7 Å². The summed E-state index contributed by atoms with van der Waals surface area (Å²) in [6.45, 7) is 6.17. The molecule has 0 saturated heterocycles. The Labute approximate surface area is 158 Å². The van der Waals surface area contributed by atoms with E-state index in [2.05, 4.69) is 12.6 Å². The summed E-state index contributed by atoms with van der Waals surface area (Å²) in [4.78, 5) is 10.3. The number of ether oxygens (including phenoxy) is 2. The Morgan fingerprint density at radius 3 is 2.56 bits per heavy atom. The van der Waals surface area contributed by atoms with Gasteiger partial charge in [0.2, 0.25) is 0 Å². The Balaban J connectivity index is 2.51. The second kappa shape index (κ2) is 9.20. The lowest BCUT2D eigenvalue weighted by molar-refractivity contribution is -0.384. The van der Waals surface area contributed by atoms with Crippen molar-refractivity contribution in [3.05, 3.63) is 75.9 Å². The third-order valence-corrected chi connectivity index (χ3v) is 3.85. The summed E-state index contributed by atoms with van der Waals surface area (Å²) in [5.41, 5.74) is 2.63. The van der Waals surface area contributed by atoms with Crippen molar-refractivity contribution in [2.45, 2.75) is 13.3 Å². The fourth-order valence-corrected chi connectivity index (χ4v) is 2.64. The summed E-state index contributed by atoms with van der Waals surface area (Å²) in [6.07, 6.45) is 4.07. The molecule has 0 atom stereocenters. The predicted molar refractivity (Wildman–Crippen MR) is 105 cm³/mol. The Hall–Kier alpha value is -3.59. The van der Waals surface area contributed by atoms with Crippen LogP contribution < -0.4 is 9.47 Å². The van der Waals surface area contributed by atoms with Crippen LogP contribution >= 0.6 is 0 Å². The van der Waals surface area contributed by atoms with Gasteiger partial charge < -0.3 is 9.47 Å². The number of benzene rings is 2. The SMILES string of the molecule is C=CCc1cc(/C=C(\C#N)c2ccc([N+](=O)[O-])cc2)cc(OC)c1OCC. The van der Waals surface area contributed by atoms with E-state index in [1.165, 1.54) is 12.1 Å². The van der Waals surface area contributed by atoms with Gasteiger partial charge in [-0.1, -0.05) is 6.08 Å². The summed E-state index contributed by atoms with van der Waals surface area (Å²) in [5.74, 6) is 1.23. The molecule has 0 aliphatic carbocycles. The number of rotatable bonds is 8. The molecule has 0 unspecified atom stereocenters. The monoisotopic (exact) mass is 364 g/mol. The Morgan fingerprint density at radius 1 is 1.33 bits per heavy atom. The van der Waals surface area contributed by atoms with E-state index in [0.29, 0.717) is 35.7 Å². The molecule has 27 heavy (non-hydrogen) atoms. The molecule has 0 saturated carbocycles. The quantitative estimate of drug-likeness (QED) is 0.221. The average Bonchev–Trinajstić information content (AvgIpc) is 2.68. The van der Waals surface area contributed by atoms with Crippen molar-refractivity contribution in [2.24, 2.45) is 0 Å². The van der Waals surface area contributed by atoms with Crippen LogP contribution in [0.2, 0.25) is 0 Å². The second-order valence-electron chi connectivity index (χ2n) is 5.61. The number of nitrogens with zero attached hydrogens (tertiary/aromatic N) is 2. The van der Waals surface area contributed by atoms with Gasteiger partial charge in [0.05, 0.1) is 30.3 Å². The normalized spacial score (nSPS) is 10.8. The van der Waals surface area contributed by atoms with Crippen molar-refractivity contribution in [3.8, 4) is 17.6 Å². The highest BCUT2D eigenvalue weighted by Gasteiger charge is 2.13. The first kappa shape index (κ1) is 19.7. The van der Waals surface area contributed by atoms with Crippen LogP contribution in [0.25, 0.3) is 11.6 Å². The van der Waals surface area contributed by atoms with E-state index in [0.717, 1.165) is 11.1 Å². The number of hydrogen-bond donors (Lipinski definition) is 0. The topological polar surface area (TPSA) is 85.4 Å². The molecule has 2 aromatic rings. The lowest BCUT2D eigenvalue weighted by Crippen LogP contribution is -2.00. The molecule has 0 aromatic heterocycles. The first-order valence-corrected chi connectivity index (χ1v) is 8.35. The molecule has 138 valence electrons. The van der Waals surface area contributed by atoms with Gasteiger partial charge in [0.15, 0.2) is 11.5 Å². The average molecular weight is 364 g/mol. The Kier molecular flexibility index (Phi) is 6.73. The van der Waals surface area contributed by atoms with Gasteiger partial charge in [0.25, 0.3) is 5.69 Å². The summed E-state index contributed by atoms with van der Waals surface area (Å²) in [5, 5.41) is 20.3. The third-order valence-electron chi connectivity index (χ3n) is 3.85. The molecule has 0 spiro atoms. The van der Waals surface area contributed by atoms with Crippen LogP contribution in [0.15, 0.2) is 49.1 Å². The molecule has 0 fully saturated rings. The van der Waals surface area contributed by atoms with Crippen molar-refractivity contribution in [2.75, 3.05) is 13.7 Å². The molecule has 0 aliphatic heterocycles. The smallest absolute Gasteiger partial charge is 0.269 e. The molecule has 6 heteroatoms. The number of nitro groups is 1. The number of nitriles is 1. The van der Waals surface area contributed by atoms with Gasteiger partial charge in [-0.05, 0) is 54.8 Å². The molecular weight excluding hydrogens is 344 g/mol. The summed E-state index contributed by atoms with van der Waals surface area (Å²) in [6, 6.07) is 11.7. The van der Waals surface area contributed by atoms with Gasteiger partial charge in [-0.15, -0.1) is 6.58 Å². The summed E-state index contributed by atoms with van der Waals surface area (Å²) < 4.78 is 11.1. The predicted octanol–water partition coefficient (Wildman–Crippen LogP) is 4.79. The Morgan fingerprint density at radius 2 is 2.04 bits per heavy atom. The lowest BCUT2D eigenvalue weighted by atomic mass is 10.0. The molecule has 0 N–H and O–H groups in total. The fraction of sp³-hybridized carbons (Fsp3) is 0.190. The van der Waals surface area contributed by atoms with E-state index in [9.17, 15) is 15.4 Å². The van der Waals surface area contributed by atoms with E-state index in [4.69, 9.17) is 9.47 Å². The standard InChI is InChI=1S/C21H20N2O4/c1-4-6-17-11-15(13-20(26-3)21(17)27-5-2)12-18(14-22)16-7-9-19(10-8-16)23(24)25/h4,7-13H,1,5-6H2,2-3H3/b18-12+. The molecule has 0 radical (unpaired) electrons. The van der Waals surface area contributed by atoms with Gasteiger partial charge >= 0.3 is 0 Å².